The Morgan fingerprint density at radius 1 is 1.26 bits per heavy atom. The number of aliphatic imine (C=N–C) groups is 1. The van der Waals surface area contributed by atoms with Crippen LogP contribution in [-0.4, -0.2) is 50.3 Å². The number of nitrogens with zero attached hydrogens (tertiary/aromatic N) is 2. The summed E-state index contributed by atoms with van der Waals surface area (Å²) in [5, 5.41) is 3.62. The smallest absolute Gasteiger partial charge is 0.193 e. The quantitative estimate of drug-likeness (QED) is 0.387. The minimum atomic E-state index is 0. The van der Waals surface area contributed by atoms with E-state index in [1.54, 1.807) is 6.26 Å². The first-order valence-corrected chi connectivity index (χ1v) is 10.5. The molecule has 2 saturated heterocycles. The van der Waals surface area contributed by atoms with Gasteiger partial charge < -0.3 is 19.4 Å². The summed E-state index contributed by atoms with van der Waals surface area (Å²) in [5.41, 5.74) is 0.554. The molecule has 1 spiro atoms. The summed E-state index contributed by atoms with van der Waals surface area (Å²) in [6.07, 6.45) is 12.2. The van der Waals surface area contributed by atoms with Crippen molar-refractivity contribution in [1.82, 2.24) is 10.2 Å². The molecule has 1 aromatic rings. The lowest BCUT2D eigenvalue weighted by Crippen LogP contribution is -2.42. The van der Waals surface area contributed by atoms with E-state index in [-0.39, 0.29) is 24.0 Å². The van der Waals surface area contributed by atoms with Crippen molar-refractivity contribution in [2.45, 2.75) is 51.4 Å². The summed E-state index contributed by atoms with van der Waals surface area (Å²) < 4.78 is 11.0. The van der Waals surface area contributed by atoms with Gasteiger partial charge in [0.15, 0.2) is 5.96 Å². The third-order valence-electron chi connectivity index (χ3n) is 6.41. The normalized spacial score (nSPS) is 25.0. The molecule has 0 bridgehead atoms. The fourth-order valence-corrected chi connectivity index (χ4v) is 4.79. The molecule has 0 amide bonds. The summed E-state index contributed by atoms with van der Waals surface area (Å²) in [7, 11) is 0. The number of halogens is 1. The van der Waals surface area contributed by atoms with E-state index in [2.05, 4.69) is 10.2 Å². The SMILES string of the molecule is I.c1coc(CCNC(=NCC2CCOC2)N2CCC3(CCCCC3)C2)c1. The predicted molar refractivity (Wildman–Crippen MR) is 119 cm³/mol. The summed E-state index contributed by atoms with van der Waals surface area (Å²) >= 11 is 0. The van der Waals surface area contributed by atoms with Gasteiger partial charge >= 0.3 is 0 Å². The zero-order valence-corrected chi connectivity index (χ0v) is 18.7. The van der Waals surface area contributed by atoms with Crippen LogP contribution >= 0.6 is 24.0 Å². The number of ether oxygens (including phenoxy) is 1. The van der Waals surface area contributed by atoms with Crippen LogP contribution in [0, 0.1) is 11.3 Å². The van der Waals surface area contributed by atoms with E-state index in [1.807, 2.05) is 12.1 Å². The molecular formula is C21H34IN3O2. The third kappa shape index (κ3) is 5.62. The molecule has 1 N–H and O–H groups in total. The molecule has 3 fully saturated rings. The van der Waals surface area contributed by atoms with Crippen molar-refractivity contribution in [3.05, 3.63) is 24.2 Å². The molecule has 6 heteroatoms. The first-order chi connectivity index (χ1) is 12.8. The van der Waals surface area contributed by atoms with Gasteiger partial charge in [0, 0.05) is 45.1 Å². The van der Waals surface area contributed by atoms with Gasteiger partial charge in [-0.25, -0.2) is 0 Å². The number of hydrogen-bond acceptors (Lipinski definition) is 3. The van der Waals surface area contributed by atoms with Crippen molar-refractivity contribution in [3.8, 4) is 0 Å². The topological polar surface area (TPSA) is 50.0 Å². The molecule has 27 heavy (non-hydrogen) atoms. The predicted octanol–water partition coefficient (Wildman–Crippen LogP) is 4.08. The van der Waals surface area contributed by atoms with Crippen molar-refractivity contribution >= 4 is 29.9 Å². The Morgan fingerprint density at radius 3 is 2.89 bits per heavy atom. The van der Waals surface area contributed by atoms with Crippen LogP contribution in [0.3, 0.4) is 0 Å². The van der Waals surface area contributed by atoms with E-state index in [9.17, 15) is 0 Å². The number of furan rings is 1. The Kier molecular flexibility index (Phi) is 7.87. The van der Waals surface area contributed by atoms with Crippen LogP contribution < -0.4 is 5.32 Å². The average molecular weight is 487 g/mol. The molecule has 4 rings (SSSR count). The number of rotatable bonds is 5. The first kappa shape index (κ1) is 21.0. The van der Waals surface area contributed by atoms with Crippen molar-refractivity contribution in [2.75, 3.05) is 39.4 Å². The summed E-state index contributed by atoms with van der Waals surface area (Å²) in [5.74, 6) is 2.72. The van der Waals surface area contributed by atoms with Crippen LogP contribution in [0.15, 0.2) is 27.8 Å². The fraction of sp³-hybridized carbons (Fsp3) is 0.762. The van der Waals surface area contributed by atoms with E-state index >= 15 is 0 Å². The Labute approximate surface area is 180 Å². The van der Waals surface area contributed by atoms with Crippen molar-refractivity contribution in [1.29, 1.82) is 0 Å². The fourth-order valence-electron chi connectivity index (χ4n) is 4.79. The van der Waals surface area contributed by atoms with Crippen LogP contribution in [0.1, 0.15) is 50.7 Å². The molecule has 1 unspecified atom stereocenters. The van der Waals surface area contributed by atoms with Crippen molar-refractivity contribution in [2.24, 2.45) is 16.3 Å². The zero-order chi connectivity index (χ0) is 17.7. The second-order valence-electron chi connectivity index (χ2n) is 8.38. The van der Waals surface area contributed by atoms with Gasteiger partial charge in [0.2, 0.25) is 0 Å². The Balaban J connectivity index is 0.00000210. The van der Waals surface area contributed by atoms with Gasteiger partial charge in [0.05, 0.1) is 12.9 Å². The van der Waals surface area contributed by atoms with E-state index < -0.39 is 0 Å². The number of nitrogens with one attached hydrogen (secondary N) is 1. The molecule has 1 atom stereocenters. The van der Waals surface area contributed by atoms with Crippen LogP contribution in [0.5, 0.6) is 0 Å². The summed E-state index contributed by atoms with van der Waals surface area (Å²) in [6.45, 7) is 5.85. The maximum Gasteiger partial charge on any atom is 0.193 e. The van der Waals surface area contributed by atoms with Crippen LogP contribution in [0.4, 0.5) is 0 Å². The lowest BCUT2D eigenvalue weighted by Gasteiger charge is -2.33. The largest absolute Gasteiger partial charge is 0.469 e. The van der Waals surface area contributed by atoms with Crippen LogP contribution in [0.25, 0.3) is 0 Å². The highest BCUT2D eigenvalue weighted by Crippen LogP contribution is 2.43. The van der Waals surface area contributed by atoms with Crippen molar-refractivity contribution in [3.63, 3.8) is 0 Å². The van der Waals surface area contributed by atoms with Gasteiger partial charge in [0.25, 0.3) is 0 Å². The monoisotopic (exact) mass is 487 g/mol. The molecule has 1 aliphatic carbocycles. The van der Waals surface area contributed by atoms with Crippen molar-refractivity contribution < 1.29 is 9.15 Å². The average Bonchev–Trinajstić information content (AvgIpc) is 3.42. The van der Waals surface area contributed by atoms with Gasteiger partial charge in [-0.2, -0.15) is 0 Å². The Hall–Kier alpha value is -0.760. The van der Waals surface area contributed by atoms with Gasteiger partial charge in [-0.15, -0.1) is 24.0 Å². The Bertz CT molecular complexity index is 578. The van der Waals surface area contributed by atoms with Crippen LogP contribution in [-0.2, 0) is 11.2 Å². The first-order valence-electron chi connectivity index (χ1n) is 10.5. The summed E-state index contributed by atoms with van der Waals surface area (Å²) in [4.78, 5) is 7.52. The minimum Gasteiger partial charge on any atom is -0.469 e. The molecule has 5 nitrogen and oxygen atoms in total. The Morgan fingerprint density at radius 2 is 2.15 bits per heavy atom. The molecule has 0 aromatic carbocycles. The van der Waals surface area contributed by atoms with Gasteiger partial charge in [-0.05, 0) is 43.2 Å². The molecule has 3 aliphatic rings. The lowest BCUT2D eigenvalue weighted by molar-refractivity contribution is 0.187. The maximum atomic E-state index is 5.52. The molecule has 0 radical (unpaired) electrons. The van der Waals surface area contributed by atoms with E-state index in [1.165, 1.54) is 45.1 Å². The highest BCUT2D eigenvalue weighted by Gasteiger charge is 2.39. The second-order valence-corrected chi connectivity index (χ2v) is 8.38. The van der Waals surface area contributed by atoms with Gasteiger partial charge in [-0.1, -0.05) is 19.3 Å². The minimum absolute atomic E-state index is 0. The van der Waals surface area contributed by atoms with Gasteiger partial charge in [-0.3, -0.25) is 4.99 Å². The van der Waals surface area contributed by atoms with E-state index in [0.717, 1.165) is 57.4 Å². The third-order valence-corrected chi connectivity index (χ3v) is 6.41. The molecule has 1 saturated carbocycles. The molecule has 152 valence electrons. The van der Waals surface area contributed by atoms with Crippen LogP contribution in [0.2, 0.25) is 0 Å². The zero-order valence-electron chi connectivity index (χ0n) is 16.3. The number of likely N-dealkylation sites (tertiary alicyclic amines) is 1. The maximum absolute atomic E-state index is 5.52. The lowest BCUT2D eigenvalue weighted by atomic mass is 9.73. The number of hydrogen-bond donors (Lipinski definition) is 1. The van der Waals surface area contributed by atoms with E-state index in [4.69, 9.17) is 14.1 Å². The van der Waals surface area contributed by atoms with Gasteiger partial charge in [0.1, 0.15) is 5.76 Å². The standard InChI is InChI=1S/C21H33N3O2.HI/c1-2-8-21(9-3-1)10-12-24(17-21)20(23-15-18-7-14-25-16-18)22-11-6-19-5-4-13-26-19;/h4-5,13,18H,1-3,6-12,14-17H2,(H,22,23);1H. The molecule has 3 heterocycles. The highest BCUT2D eigenvalue weighted by atomic mass is 127. The van der Waals surface area contributed by atoms with E-state index in [0.29, 0.717) is 11.3 Å². The molecule has 1 aromatic heterocycles. The highest BCUT2D eigenvalue weighted by molar-refractivity contribution is 14.0. The summed E-state index contributed by atoms with van der Waals surface area (Å²) in [6, 6.07) is 4.00. The molecule has 2 aliphatic heterocycles. The second kappa shape index (κ2) is 10.1. The molecular weight excluding hydrogens is 453 g/mol. The number of guanidine groups is 1.